The molecule has 1 aromatic rings. The number of rotatable bonds is 2. The van der Waals surface area contributed by atoms with Crippen LogP contribution in [0.3, 0.4) is 0 Å². The van der Waals surface area contributed by atoms with Crippen LogP contribution in [0.25, 0.3) is 0 Å². The van der Waals surface area contributed by atoms with Crippen LogP contribution in [0.5, 0.6) is 0 Å². The fourth-order valence-corrected chi connectivity index (χ4v) is 6.22. The zero-order valence-corrected chi connectivity index (χ0v) is 14.1. The molecule has 1 aromatic carbocycles. The van der Waals surface area contributed by atoms with Crippen LogP contribution in [0.15, 0.2) is 23.1 Å². The summed E-state index contributed by atoms with van der Waals surface area (Å²) in [4.78, 5) is 0.808. The molecule has 2 aliphatic heterocycles. The predicted octanol–water partition coefficient (Wildman–Crippen LogP) is 3.13. The Morgan fingerprint density at radius 1 is 1.38 bits per heavy atom. The molecule has 0 aromatic heterocycles. The van der Waals surface area contributed by atoms with Gasteiger partial charge in [0.05, 0.1) is 27.0 Å². The van der Waals surface area contributed by atoms with Crippen molar-refractivity contribution >= 4 is 28.2 Å². The summed E-state index contributed by atoms with van der Waals surface area (Å²) in [6, 6.07) is 5.84. The second kappa shape index (κ2) is 6.31. The Hall–Kier alpha value is -0.520. The molecule has 3 rings (SSSR count). The lowest BCUT2D eigenvalue weighted by Crippen LogP contribution is -2.45. The molecule has 21 heavy (non-hydrogen) atoms. The van der Waals surface area contributed by atoms with Crippen LogP contribution >= 0.6 is 11.8 Å². The summed E-state index contributed by atoms with van der Waals surface area (Å²) < 4.78 is 19.1. The van der Waals surface area contributed by atoms with Gasteiger partial charge in [-0.25, -0.2) is 0 Å². The smallest absolute Gasteiger partial charge is 0.0709 e. The van der Waals surface area contributed by atoms with Gasteiger partial charge in [0, 0.05) is 11.9 Å². The van der Waals surface area contributed by atoms with E-state index in [1.165, 1.54) is 0 Å². The van der Waals surface area contributed by atoms with E-state index in [0.29, 0.717) is 5.69 Å². The lowest BCUT2D eigenvalue weighted by molar-refractivity contribution is -0.0809. The van der Waals surface area contributed by atoms with Crippen molar-refractivity contribution in [2.75, 3.05) is 23.8 Å². The van der Waals surface area contributed by atoms with Crippen molar-refractivity contribution in [3.8, 4) is 0 Å². The Morgan fingerprint density at radius 2 is 2.14 bits per heavy atom. The first-order chi connectivity index (χ1) is 10.1. The van der Waals surface area contributed by atoms with E-state index in [-0.39, 0.29) is 10.9 Å². The van der Waals surface area contributed by atoms with Gasteiger partial charge in [-0.1, -0.05) is 12.1 Å². The van der Waals surface area contributed by atoms with Crippen LogP contribution < -0.4 is 5.73 Å². The monoisotopic (exact) mass is 325 g/mol. The van der Waals surface area contributed by atoms with Gasteiger partial charge in [-0.2, -0.15) is 11.8 Å². The summed E-state index contributed by atoms with van der Waals surface area (Å²) >= 11 is 2.00. The number of aryl methyl sites for hydroxylation is 1. The predicted molar refractivity (Wildman–Crippen MR) is 90.3 cm³/mol. The van der Waals surface area contributed by atoms with Crippen molar-refractivity contribution < 1.29 is 8.95 Å². The van der Waals surface area contributed by atoms with Gasteiger partial charge >= 0.3 is 0 Å². The number of benzene rings is 1. The highest BCUT2D eigenvalue weighted by Crippen LogP contribution is 2.40. The van der Waals surface area contributed by atoms with Crippen LogP contribution in [0.2, 0.25) is 0 Å². The van der Waals surface area contributed by atoms with Crippen molar-refractivity contribution in [3.63, 3.8) is 0 Å². The molecule has 2 fully saturated rings. The van der Waals surface area contributed by atoms with E-state index in [9.17, 15) is 4.21 Å². The maximum absolute atomic E-state index is 13.0. The number of thioether (sulfide) groups is 1. The van der Waals surface area contributed by atoms with Crippen LogP contribution in [0.1, 0.15) is 31.2 Å². The van der Waals surface area contributed by atoms with Gasteiger partial charge in [0.15, 0.2) is 0 Å². The Labute approximate surface area is 133 Å². The third-order valence-electron chi connectivity index (χ3n) is 4.66. The molecule has 3 nitrogen and oxygen atoms in total. The molecular formula is C16H23NO2S2. The quantitative estimate of drug-likeness (QED) is 0.849. The molecule has 2 heterocycles. The largest absolute Gasteiger partial charge is 0.398 e. The average Bonchev–Trinajstić information content (AvgIpc) is 2.50. The van der Waals surface area contributed by atoms with Crippen LogP contribution in [0, 0.1) is 6.92 Å². The number of hydrogen-bond acceptors (Lipinski definition) is 4. The van der Waals surface area contributed by atoms with Crippen LogP contribution in [-0.4, -0.2) is 33.2 Å². The van der Waals surface area contributed by atoms with Crippen molar-refractivity contribution in [3.05, 3.63) is 23.8 Å². The van der Waals surface area contributed by atoms with Gasteiger partial charge in [0.2, 0.25) is 0 Å². The molecule has 2 N–H and O–H groups in total. The van der Waals surface area contributed by atoms with E-state index in [0.717, 1.165) is 54.3 Å². The number of para-hydroxylation sites is 1. The highest BCUT2D eigenvalue weighted by atomic mass is 32.2. The zero-order valence-electron chi connectivity index (χ0n) is 12.5. The summed E-state index contributed by atoms with van der Waals surface area (Å²) in [6.07, 6.45) is 3.96. The van der Waals surface area contributed by atoms with Gasteiger partial charge in [0.25, 0.3) is 0 Å². The van der Waals surface area contributed by atoms with Crippen molar-refractivity contribution in [2.24, 2.45) is 0 Å². The number of hydrogen-bond donors (Lipinski definition) is 1. The minimum atomic E-state index is -1.03. The van der Waals surface area contributed by atoms with E-state index >= 15 is 0 Å². The van der Waals surface area contributed by atoms with Gasteiger partial charge in [-0.3, -0.25) is 4.21 Å². The van der Waals surface area contributed by atoms with Crippen molar-refractivity contribution in [1.29, 1.82) is 0 Å². The fraction of sp³-hybridized carbons (Fsp3) is 0.625. The first kappa shape index (κ1) is 15.4. The summed E-state index contributed by atoms with van der Waals surface area (Å²) in [7, 11) is -1.03. The lowest BCUT2D eigenvalue weighted by atomic mass is 9.88. The molecule has 0 saturated carbocycles. The molecule has 1 spiro atoms. The fourth-order valence-electron chi connectivity index (χ4n) is 3.27. The zero-order chi connectivity index (χ0) is 14.9. The maximum atomic E-state index is 13.0. The second-order valence-electron chi connectivity index (χ2n) is 6.04. The first-order valence-electron chi connectivity index (χ1n) is 7.59. The average molecular weight is 325 g/mol. The third kappa shape index (κ3) is 3.15. The normalized spacial score (nSPS) is 26.6. The molecule has 2 atom stereocenters. The standard InChI is InChI=1S/C16H23NO2S2/c1-12-3-2-4-14(15(12)17)21(18)13-5-8-19-16(11-13)6-9-20-10-7-16/h2-4,13H,5-11,17H2,1H3. The topological polar surface area (TPSA) is 52.3 Å². The van der Waals surface area contributed by atoms with Gasteiger partial charge < -0.3 is 10.5 Å². The lowest BCUT2D eigenvalue weighted by Gasteiger charge is -2.43. The first-order valence-corrected chi connectivity index (χ1v) is 9.95. The van der Waals surface area contributed by atoms with Crippen molar-refractivity contribution in [1.82, 2.24) is 0 Å². The minimum Gasteiger partial charge on any atom is -0.398 e. The summed E-state index contributed by atoms with van der Waals surface area (Å²) in [5.41, 5.74) is 7.81. The Balaban J connectivity index is 1.79. The number of nitrogens with two attached hydrogens (primary N) is 1. The highest BCUT2D eigenvalue weighted by Gasteiger charge is 2.41. The molecule has 2 aliphatic rings. The SMILES string of the molecule is Cc1cccc(S(=O)C2CCOC3(CCSCC3)C2)c1N. The molecule has 2 unspecified atom stereocenters. The molecule has 0 amide bonds. The van der Waals surface area contributed by atoms with Gasteiger partial charge in [0.1, 0.15) is 0 Å². The molecule has 2 saturated heterocycles. The number of nitrogen functional groups attached to an aromatic ring is 1. The van der Waals surface area contributed by atoms with Crippen LogP contribution in [0.4, 0.5) is 5.69 Å². The molecule has 0 radical (unpaired) electrons. The Kier molecular flexibility index (Phi) is 4.62. The van der Waals surface area contributed by atoms with E-state index in [2.05, 4.69) is 0 Å². The minimum absolute atomic E-state index is 0.0254. The van der Waals surface area contributed by atoms with Crippen molar-refractivity contribution in [2.45, 2.75) is 48.4 Å². The van der Waals surface area contributed by atoms with E-state index in [1.807, 2.05) is 36.9 Å². The molecule has 0 bridgehead atoms. The van der Waals surface area contributed by atoms with Gasteiger partial charge in [-0.05, 0) is 55.7 Å². The summed E-state index contributed by atoms with van der Waals surface area (Å²) in [5.74, 6) is 2.32. The molecule has 0 aliphatic carbocycles. The third-order valence-corrected chi connectivity index (χ3v) is 7.44. The van der Waals surface area contributed by atoms with Crippen LogP contribution in [-0.2, 0) is 15.5 Å². The summed E-state index contributed by atoms with van der Waals surface area (Å²) in [6.45, 7) is 2.70. The summed E-state index contributed by atoms with van der Waals surface area (Å²) in [5, 5.41) is 0.172. The maximum Gasteiger partial charge on any atom is 0.0709 e. The highest BCUT2D eigenvalue weighted by molar-refractivity contribution is 7.99. The van der Waals surface area contributed by atoms with E-state index in [1.54, 1.807) is 0 Å². The van der Waals surface area contributed by atoms with Gasteiger partial charge in [-0.15, -0.1) is 0 Å². The molecule has 5 heteroatoms. The van der Waals surface area contributed by atoms with E-state index in [4.69, 9.17) is 10.5 Å². The van der Waals surface area contributed by atoms with E-state index < -0.39 is 10.8 Å². The Morgan fingerprint density at radius 3 is 2.90 bits per heavy atom. The second-order valence-corrected chi connectivity index (χ2v) is 8.97. The molecule has 116 valence electrons. The number of anilines is 1. The number of ether oxygens (including phenoxy) is 1. The molecular weight excluding hydrogens is 302 g/mol. The Bertz CT molecular complexity index is 536.